The first kappa shape index (κ1) is 10.0. The zero-order valence-corrected chi connectivity index (χ0v) is 10.2. The van der Waals surface area contributed by atoms with Gasteiger partial charge in [-0.3, -0.25) is 0 Å². The molecule has 1 heterocycles. The summed E-state index contributed by atoms with van der Waals surface area (Å²) in [5, 5.41) is 2.49. The Labute approximate surface area is 106 Å². The summed E-state index contributed by atoms with van der Waals surface area (Å²) in [7, 11) is 0. The van der Waals surface area contributed by atoms with Crippen LogP contribution < -0.4 is 0 Å². The summed E-state index contributed by atoms with van der Waals surface area (Å²) in [5.41, 5.74) is 4.50. The quantitative estimate of drug-likeness (QED) is 0.555. The number of aryl methyl sites for hydroxylation is 2. The van der Waals surface area contributed by atoms with E-state index in [1.165, 1.54) is 35.0 Å². The van der Waals surface area contributed by atoms with Gasteiger partial charge in [-0.15, -0.1) is 0 Å². The topological polar surface area (TPSA) is 25.8 Å². The standard InChI is InChI=1S/C16H14N2/c1-2-6-12-10-16-15(9-11(12)5-1)17-13-7-3-4-8-14(13)18-16/h1-2,5-6,9-10H,3-4,7-8H2. The molecule has 2 heteroatoms. The summed E-state index contributed by atoms with van der Waals surface area (Å²) < 4.78 is 0. The molecule has 2 aromatic carbocycles. The third-order valence-electron chi connectivity index (χ3n) is 3.76. The fourth-order valence-electron chi connectivity index (χ4n) is 2.80. The summed E-state index contributed by atoms with van der Waals surface area (Å²) in [6.45, 7) is 0. The minimum atomic E-state index is 1.04. The van der Waals surface area contributed by atoms with E-state index in [1.54, 1.807) is 0 Å². The molecular weight excluding hydrogens is 220 g/mol. The number of fused-ring (bicyclic) bond motifs is 3. The Hall–Kier alpha value is -1.96. The van der Waals surface area contributed by atoms with Crippen LogP contribution in [0.15, 0.2) is 36.4 Å². The largest absolute Gasteiger partial charge is 0.249 e. The van der Waals surface area contributed by atoms with Crippen molar-refractivity contribution < 1.29 is 0 Å². The summed E-state index contributed by atoms with van der Waals surface area (Å²) in [6.07, 6.45) is 4.68. The van der Waals surface area contributed by atoms with Gasteiger partial charge in [0, 0.05) is 0 Å². The molecule has 1 aliphatic carbocycles. The van der Waals surface area contributed by atoms with Crippen LogP contribution in [0.25, 0.3) is 21.8 Å². The molecule has 0 saturated carbocycles. The second-order valence-electron chi connectivity index (χ2n) is 5.01. The highest BCUT2D eigenvalue weighted by molar-refractivity contribution is 5.94. The fourth-order valence-corrected chi connectivity index (χ4v) is 2.80. The van der Waals surface area contributed by atoms with Gasteiger partial charge in [0.15, 0.2) is 0 Å². The van der Waals surface area contributed by atoms with Crippen molar-refractivity contribution in [2.75, 3.05) is 0 Å². The van der Waals surface area contributed by atoms with Crippen LogP contribution in [0.4, 0.5) is 0 Å². The molecule has 4 rings (SSSR count). The number of hydrogen-bond donors (Lipinski definition) is 0. The van der Waals surface area contributed by atoms with Crippen LogP contribution in [0.5, 0.6) is 0 Å². The van der Waals surface area contributed by atoms with Crippen LogP contribution >= 0.6 is 0 Å². The Morgan fingerprint density at radius 2 is 1.22 bits per heavy atom. The van der Waals surface area contributed by atoms with Gasteiger partial charge in [-0.25, -0.2) is 9.97 Å². The molecule has 0 amide bonds. The lowest BCUT2D eigenvalue weighted by atomic mass is 10.00. The zero-order valence-electron chi connectivity index (χ0n) is 10.2. The van der Waals surface area contributed by atoms with Crippen molar-refractivity contribution in [1.82, 2.24) is 9.97 Å². The van der Waals surface area contributed by atoms with Gasteiger partial charge >= 0.3 is 0 Å². The van der Waals surface area contributed by atoms with Crippen LogP contribution in [-0.4, -0.2) is 9.97 Å². The van der Waals surface area contributed by atoms with Crippen LogP contribution in [-0.2, 0) is 12.8 Å². The predicted molar refractivity (Wildman–Crippen MR) is 73.7 cm³/mol. The van der Waals surface area contributed by atoms with E-state index in [2.05, 4.69) is 36.4 Å². The molecule has 0 fully saturated rings. The number of nitrogens with zero attached hydrogens (tertiary/aromatic N) is 2. The number of aromatic nitrogens is 2. The molecule has 0 spiro atoms. The number of benzene rings is 2. The second kappa shape index (κ2) is 3.77. The number of rotatable bonds is 0. The van der Waals surface area contributed by atoms with Gasteiger partial charge in [-0.2, -0.15) is 0 Å². The van der Waals surface area contributed by atoms with Crippen molar-refractivity contribution in [2.45, 2.75) is 25.7 Å². The maximum absolute atomic E-state index is 4.80. The van der Waals surface area contributed by atoms with Crippen LogP contribution in [0.2, 0.25) is 0 Å². The maximum Gasteiger partial charge on any atom is 0.0896 e. The highest BCUT2D eigenvalue weighted by Crippen LogP contribution is 2.24. The van der Waals surface area contributed by atoms with Crippen LogP contribution in [0, 0.1) is 0 Å². The molecule has 3 aromatic rings. The molecule has 1 aromatic heterocycles. The first-order valence-electron chi connectivity index (χ1n) is 6.58. The van der Waals surface area contributed by atoms with Gasteiger partial charge in [-0.05, 0) is 48.6 Å². The van der Waals surface area contributed by atoms with Crippen molar-refractivity contribution in [1.29, 1.82) is 0 Å². The number of hydrogen-bond acceptors (Lipinski definition) is 2. The van der Waals surface area contributed by atoms with Crippen LogP contribution in [0.1, 0.15) is 24.2 Å². The SMILES string of the molecule is c1ccc2cc3nc4c(nc3cc2c1)CCCC4. The van der Waals surface area contributed by atoms with Crippen molar-refractivity contribution in [3.63, 3.8) is 0 Å². The summed E-state index contributed by atoms with van der Waals surface area (Å²) in [6, 6.07) is 12.7. The van der Waals surface area contributed by atoms with Gasteiger partial charge in [0.05, 0.1) is 22.4 Å². The second-order valence-corrected chi connectivity index (χ2v) is 5.01. The van der Waals surface area contributed by atoms with Crippen molar-refractivity contribution >= 4 is 21.8 Å². The average molecular weight is 234 g/mol. The minimum absolute atomic E-state index is 1.04. The van der Waals surface area contributed by atoms with E-state index in [9.17, 15) is 0 Å². The predicted octanol–water partition coefficient (Wildman–Crippen LogP) is 3.66. The zero-order chi connectivity index (χ0) is 11.9. The van der Waals surface area contributed by atoms with E-state index in [0.717, 1.165) is 23.9 Å². The average Bonchev–Trinajstić information content (AvgIpc) is 2.42. The molecule has 0 aliphatic heterocycles. The maximum atomic E-state index is 4.80. The van der Waals surface area contributed by atoms with Gasteiger partial charge in [0.2, 0.25) is 0 Å². The third-order valence-corrected chi connectivity index (χ3v) is 3.76. The Morgan fingerprint density at radius 3 is 1.72 bits per heavy atom. The van der Waals surface area contributed by atoms with Gasteiger partial charge in [0.1, 0.15) is 0 Å². The molecule has 0 saturated heterocycles. The van der Waals surface area contributed by atoms with Gasteiger partial charge in [-0.1, -0.05) is 24.3 Å². The Kier molecular flexibility index (Phi) is 2.10. The molecule has 18 heavy (non-hydrogen) atoms. The monoisotopic (exact) mass is 234 g/mol. The first-order valence-corrected chi connectivity index (χ1v) is 6.58. The molecule has 0 unspecified atom stereocenters. The van der Waals surface area contributed by atoms with E-state index in [4.69, 9.17) is 9.97 Å². The lowest BCUT2D eigenvalue weighted by Crippen LogP contribution is -2.08. The van der Waals surface area contributed by atoms with E-state index >= 15 is 0 Å². The molecule has 2 nitrogen and oxygen atoms in total. The van der Waals surface area contributed by atoms with Gasteiger partial charge in [0.25, 0.3) is 0 Å². The Bertz CT molecular complexity index is 683. The Balaban J connectivity index is 2.05. The van der Waals surface area contributed by atoms with Crippen LogP contribution in [0.3, 0.4) is 0 Å². The van der Waals surface area contributed by atoms with Crippen molar-refractivity contribution in [3.8, 4) is 0 Å². The van der Waals surface area contributed by atoms with E-state index in [1.807, 2.05) is 0 Å². The van der Waals surface area contributed by atoms with E-state index < -0.39 is 0 Å². The first-order chi connectivity index (χ1) is 8.90. The molecule has 0 atom stereocenters. The fraction of sp³-hybridized carbons (Fsp3) is 0.250. The lowest BCUT2D eigenvalue weighted by molar-refractivity contribution is 0.655. The normalized spacial score (nSPS) is 14.9. The summed E-state index contributed by atoms with van der Waals surface area (Å²) in [4.78, 5) is 9.61. The van der Waals surface area contributed by atoms with Crippen molar-refractivity contribution in [2.24, 2.45) is 0 Å². The van der Waals surface area contributed by atoms with E-state index in [0.29, 0.717) is 0 Å². The molecule has 0 bridgehead atoms. The smallest absolute Gasteiger partial charge is 0.0896 e. The molecule has 0 N–H and O–H groups in total. The third kappa shape index (κ3) is 1.49. The summed E-state index contributed by atoms with van der Waals surface area (Å²) in [5.74, 6) is 0. The molecule has 0 radical (unpaired) electrons. The van der Waals surface area contributed by atoms with Crippen molar-refractivity contribution in [3.05, 3.63) is 47.8 Å². The highest BCUT2D eigenvalue weighted by Gasteiger charge is 2.13. The van der Waals surface area contributed by atoms with Gasteiger partial charge < -0.3 is 0 Å². The van der Waals surface area contributed by atoms with E-state index in [-0.39, 0.29) is 0 Å². The molecular formula is C16H14N2. The molecule has 88 valence electrons. The lowest BCUT2D eigenvalue weighted by Gasteiger charge is -2.14. The Morgan fingerprint density at radius 1 is 0.722 bits per heavy atom. The summed E-state index contributed by atoms with van der Waals surface area (Å²) >= 11 is 0. The highest BCUT2D eigenvalue weighted by atomic mass is 14.8. The minimum Gasteiger partial charge on any atom is -0.249 e. The molecule has 1 aliphatic rings.